The maximum absolute atomic E-state index is 13.0. The lowest BCUT2D eigenvalue weighted by Gasteiger charge is -2.36. The molecule has 1 heterocycles. The number of halogens is 1. The Bertz CT molecular complexity index is 1290. The standard InChI is InChI=1S/C30H33ClN4O4/c1-22-7-9-23(10-8-22)29(37)34-17-15-33(16-18-34)25-13-11-24(12-14-25)32-28(36)21-35(19-20-39-2)30(38)26-5-3-4-6-27(26)31/h3-14H,15-21H2,1-2H3,(H,32,36). The van der Waals surface area contributed by atoms with E-state index in [1.165, 1.54) is 4.90 Å². The number of nitrogens with zero attached hydrogens (tertiary/aromatic N) is 3. The summed E-state index contributed by atoms with van der Waals surface area (Å²) in [5.74, 6) is -0.592. The smallest absolute Gasteiger partial charge is 0.255 e. The highest BCUT2D eigenvalue weighted by atomic mass is 35.5. The summed E-state index contributed by atoms with van der Waals surface area (Å²) in [7, 11) is 1.54. The van der Waals surface area contributed by atoms with Crippen LogP contribution in [-0.2, 0) is 9.53 Å². The summed E-state index contributed by atoms with van der Waals surface area (Å²) in [6, 6.07) is 22.0. The maximum Gasteiger partial charge on any atom is 0.255 e. The van der Waals surface area contributed by atoms with Gasteiger partial charge in [-0.25, -0.2) is 0 Å². The van der Waals surface area contributed by atoms with Crippen molar-refractivity contribution in [2.24, 2.45) is 0 Å². The normalized spacial score (nSPS) is 13.2. The Hall–Kier alpha value is -3.88. The molecule has 0 saturated carbocycles. The van der Waals surface area contributed by atoms with Crippen molar-refractivity contribution in [2.45, 2.75) is 6.92 Å². The van der Waals surface area contributed by atoms with Crippen LogP contribution in [-0.4, -0.2) is 80.5 Å². The lowest BCUT2D eigenvalue weighted by Crippen LogP contribution is -2.48. The van der Waals surface area contributed by atoms with E-state index in [9.17, 15) is 14.4 Å². The fourth-order valence-electron chi connectivity index (χ4n) is 4.43. The van der Waals surface area contributed by atoms with Crippen molar-refractivity contribution >= 4 is 40.7 Å². The average Bonchev–Trinajstić information content (AvgIpc) is 2.95. The van der Waals surface area contributed by atoms with E-state index in [4.69, 9.17) is 16.3 Å². The fourth-order valence-corrected chi connectivity index (χ4v) is 4.65. The molecule has 0 bridgehead atoms. The van der Waals surface area contributed by atoms with Gasteiger partial charge in [-0.2, -0.15) is 0 Å². The SMILES string of the molecule is COCCN(CC(=O)Nc1ccc(N2CCN(C(=O)c3ccc(C)cc3)CC2)cc1)C(=O)c1ccccc1Cl. The number of rotatable bonds is 9. The Morgan fingerprint density at radius 2 is 1.59 bits per heavy atom. The molecule has 0 aromatic heterocycles. The zero-order valence-electron chi connectivity index (χ0n) is 22.2. The van der Waals surface area contributed by atoms with Gasteiger partial charge in [-0.3, -0.25) is 14.4 Å². The molecule has 3 aromatic rings. The summed E-state index contributed by atoms with van der Waals surface area (Å²) >= 11 is 6.20. The molecule has 3 aromatic carbocycles. The molecule has 3 amide bonds. The summed E-state index contributed by atoms with van der Waals surface area (Å²) in [6.45, 7) is 5.15. The molecule has 1 fully saturated rings. The Kier molecular flexibility index (Phi) is 9.57. The molecule has 1 N–H and O–H groups in total. The van der Waals surface area contributed by atoms with E-state index in [2.05, 4.69) is 10.2 Å². The minimum atomic E-state index is -0.330. The maximum atomic E-state index is 13.0. The van der Waals surface area contributed by atoms with Gasteiger partial charge >= 0.3 is 0 Å². The van der Waals surface area contributed by atoms with Crippen LogP contribution in [0.4, 0.5) is 11.4 Å². The van der Waals surface area contributed by atoms with Crippen LogP contribution >= 0.6 is 11.6 Å². The predicted octanol–water partition coefficient (Wildman–Crippen LogP) is 4.34. The monoisotopic (exact) mass is 548 g/mol. The molecule has 1 aliphatic rings. The Balaban J connectivity index is 1.31. The van der Waals surface area contributed by atoms with Crippen LogP contribution in [0.25, 0.3) is 0 Å². The van der Waals surface area contributed by atoms with Gasteiger partial charge in [-0.15, -0.1) is 0 Å². The van der Waals surface area contributed by atoms with Gasteiger partial charge in [0.1, 0.15) is 6.54 Å². The van der Waals surface area contributed by atoms with E-state index in [-0.39, 0.29) is 30.8 Å². The van der Waals surface area contributed by atoms with Gasteiger partial charge in [0, 0.05) is 56.8 Å². The number of anilines is 2. The third kappa shape index (κ3) is 7.37. The molecule has 0 atom stereocenters. The van der Waals surface area contributed by atoms with Gasteiger partial charge in [-0.1, -0.05) is 41.4 Å². The average molecular weight is 549 g/mol. The van der Waals surface area contributed by atoms with Crippen molar-refractivity contribution in [1.29, 1.82) is 0 Å². The highest BCUT2D eigenvalue weighted by Crippen LogP contribution is 2.21. The van der Waals surface area contributed by atoms with Crippen LogP contribution in [0.2, 0.25) is 5.02 Å². The van der Waals surface area contributed by atoms with Crippen molar-refractivity contribution in [3.8, 4) is 0 Å². The van der Waals surface area contributed by atoms with E-state index in [0.717, 1.165) is 24.3 Å². The quantitative estimate of drug-likeness (QED) is 0.430. The second-order valence-electron chi connectivity index (χ2n) is 9.44. The highest BCUT2D eigenvalue weighted by Gasteiger charge is 2.23. The van der Waals surface area contributed by atoms with Gasteiger partial charge in [-0.05, 0) is 55.5 Å². The van der Waals surface area contributed by atoms with E-state index in [1.807, 2.05) is 60.4 Å². The van der Waals surface area contributed by atoms with E-state index in [0.29, 0.717) is 41.5 Å². The minimum Gasteiger partial charge on any atom is -0.383 e. The molecule has 39 heavy (non-hydrogen) atoms. The van der Waals surface area contributed by atoms with Crippen LogP contribution in [0.3, 0.4) is 0 Å². The molecule has 0 radical (unpaired) electrons. The fraction of sp³-hybridized carbons (Fsp3) is 0.300. The zero-order chi connectivity index (χ0) is 27.8. The van der Waals surface area contributed by atoms with Gasteiger partial charge < -0.3 is 24.8 Å². The summed E-state index contributed by atoms with van der Waals surface area (Å²) in [4.78, 5) is 44.1. The number of benzene rings is 3. The molecule has 0 aliphatic carbocycles. The second kappa shape index (κ2) is 13.3. The number of aryl methyl sites for hydroxylation is 1. The topological polar surface area (TPSA) is 82.2 Å². The number of ether oxygens (including phenoxy) is 1. The number of methoxy groups -OCH3 is 1. The Morgan fingerprint density at radius 1 is 0.923 bits per heavy atom. The van der Waals surface area contributed by atoms with Crippen LogP contribution in [0.5, 0.6) is 0 Å². The molecule has 204 valence electrons. The van der Waals surface area contributed by atoms with Gasteiger partial charge in [0.2, 0.25) is 5.91 Å². The summed E-state index contributed by atoms with van der Waals surface area (Å²) in [5, 5.41) is 3.20. The molecule has 0 unspecified atom stereocenters. The summed E-state index contributed by atoms with van der Waals surface area (Å²) in [6.07, 6.45) is 0. The Labute approximate surface area is 234 Å². The predicted molar refractivity (Wildman–Crippen MR) is 154 cm³/mol. The van der Waals surface area contributed by atoms with Crippen molar-refractivity contribution in [1.82, 2.24) is 9.80 Å². The molecular formula is C30H33ClN4O4. The van der Waals surface area contributed by atoms with Gasteiger partial charge in [0.05, 0.1) is 17.2 Å². The van der Waals surface area contributed by atoms with Crippen molar-refractivity contribution in [2.75, 3.05) is 63.2 Å². The number of carbonyl (C=O) groups excluding carboxylic acids is 3. The van der Waals surface area contributed by atoms with Gasteiger partial charge in [0.15, 0.2) is 0 Å². The minimum absolute atomic E-state index is 0.0558. The molecule has 1 aliphatic heterocycles. The molecule has 9 heteroatoms. The first kappa shape index (κ1) is 28.1. The molecule has 4 rings (SSSR count). The van der Waals surface area contributed by atoms with Crippen molar-refractivity contribution in [3.05, 3.63) is 94.5 Å². The Morgan fingerprint density at radius 3 is 2.23 bits per heavy atom. The molecule has 8 nitrogen and oxygen atoms in total. The summed E-state index contributed by atoms with van der Waals surface area (Å²) < 4.78 is 5.12. The van der Waals surface area contributed by atoms with Crippen molar-refractivity contribution < 1.29 is 19.1 Å². The largest absolute Gasteiger partial charge is 0.383 e. The molecule has 1 saturated heterocycles. The lowest BCUT2D eigenvalue weighted by molar-refractivity contribution is -0.117. The van der Waals surface area contributed by atoms with Gasteiger partial charge in [0.25, 0.3) is 11.8 Å². The zero-order valence-corrected chi connectivity index (χ0v) is 23.0. The number of amides is 3. The number of carbonyl (C=O) groups is 3. The number of hydrogen-bond acceptors (Lipinski definition) is 5. The first-order valence-electron chi connectivity index (χ1n) is 12.9. The second-order valence-corrected chi connectivity index (χ2v) is 9.85. The van der Waals surface area contributed by atoms with Crippen molar-refractivity contribution in [3.63, 3.8) is 0 Å². The van der Waals surface area contributed by atoms with Crippen LogP contribution in [0.15, 0.2) is 72.8 Å². The van der Waals surface area contributed by atoms with Crippen LogP contribution in [0.1, 0.15) is 26.3 Å². The van der Waals surface area contributed by atoms with Crippen LogP contribution < -0.4 is 10.2 Å². The third-order valence-corrected chi connectivity index (χ3v) is 7.00. The molecular weight excluding hydrogens is 516 g/mol. The number of hydrogen-bond donors (Lipinski definition) is 1. The van der Waals surface area contributed by atoms with E-state index < -0.39 is 0 Å². The lowest BCUT2D eigenvalue weighted by atomic mass is 10.1. The third-order valence-electron chi connectivity index (χ3n) is 6.67. The van der Waals surface area contributed by atoms with E-state index in [1.54, 1.807) is 31.4 Å². The number of nitrogens with one attached hydrogen (secondary N) is 1. The molecule has 0 spiro atoms. The first-order valence-corrected chi connectivity index (χ1v) is 13.3. The number of piperazine rings is 1. The summed E-state index contributed by atoms with van der Waals surface area (Å²) in [5.41, 5.74) is 3.83. The first-order chi connectivity index (χ1) is 18.9. The highest BCUT2D eigenvalue weighted by molar-refractivity contribution is 6.33. The van der Waals surface area contributed by atoms with Crippen LogP contribution in [0, 0.1) is 6.92 Å². The van der Waals surface area contributed by atoms with E-state index >= 15 is 0 Å².